The molecule has 2 nitrogen and oxygen atoms in total. The molecule has 0 bridgehead atoms. The fourth-order valence-corrected chi connectivity index (χ4v) is 2.77. The molecule has 0 radical (unpaired) electrons. The maximum Gasteiger partial charge on any atom is 0.131 e. The van der Waals surface area contributed by atoms with E-state index in [0.29, 0.717) is 6.61 Å². The number of aliphatic hydroxyl groups is 1. The van der Waals surface area contributed by atoms with Gasteiger partial charge in [0.1, 0.15) is 11.6 Å². The predicted octanol–water partition coefficient (Wildman–Crippen LogP) is 3.70. The van der Waals surface area contributed by atoms with E-state index in [0.717, 1.165) is 24.1 Å². The average Bonchev–Trinajstić information content (AvgIpc) is 2.47. The Bertz CT molecular complexity index is 642. The van der Waals surface area contributed by atoms with Crippen LogP contribution in [0.5, 0.6) is 0 Å². The molecule has 0 saturated heterocycles. The normalized spacial score (nSPS) is 19.1. The van der Waals surface area contributed by atoms with Crippen LogP contribution in [0.25, 0.3) is 0 Å². The van der Waals surface area contributed by atoms with Crippen LogP contribution in [0.3, 0.4) is 0 Å². The monoisotopic (exact) mass is 290 g/mol. The highest BCUT2D eigenvalue weighted by Gasteiger charge is 2.25. The average molecular weight is 290 g/mol. The second kappa shape index (κ2) is 5.92. The zero-order valence-corrected chi connectivity index (χ0v) is 11.4. The molecule has 1 aliphatic heterocycles. The number of halogens is 2. The van der Waals surface area contributed by atoms with Gasteiger partial charge in [-0.3, -0.25) is 0 Å². The summed E-state index contributed by atoms with van der Waals surface area (Å²) >= 11 is 0. The van der Waals surface area contributed by atoms with Crippen molar-refractivity contribution in [1.29, 1.82) is 0 Å². The first-order valence-electron chi connectivity index (χ1n) is 6.97. The summed E-state index contributed by atoms with van der Waals surface area (Å²) in [6.45, 7) is 0.584. The van der Waals surface area contributed by atoms with Gasteiger partial charge in [0.15, 0.2) is 0 Å². The number of benzene rings is 2. The van der Waals surface area contributed by atoms with Gasteiger partial charge >= 0.3 is 0 Å². The van der Waals surface area contributed by atoms with Gasteiger partial charge in [-0.15, -0.1) is 0 Å². The minimum atomic E-state index is -1.03. The molecule has 2 unspecified atom stereocenters. The Morgan fingerprint density at radius 2 is 2.00 bits per heavy atom. The Morgan fingerprint density at radius 1 is 1.19 bits per heavy atom. The molecule has 0 spiro atoms. The maximum absolute atomic E-state index is 13.7. The molecule has 0 aromatic heterocycles. The van der Waals surface area contributed by atoms with Crippen molar-refractivity contribution in [3.63, 3.8) is 0 Å². The topological polar surface area (TPSA) is 29.5 Å². The third-order valence-corrected chi connectivity index (χ3v) is 3.85. The van der Waals surface area contributed by atoms with E-state index >= 15 is 0 Å². The summed E-state index contributed by atoms with van der Waals surface area (Å²) in [6.07, 6.45) is -0.205. The summed E-state index contributed by atoms with van der Waals surface area (Å²) in [5.41, 5.74) is 2.33. The van der Waals surface area contributed by atoms with E-state index in [1.165, 1.54) is 11.6 Å². The largest absolute Gasteiger partial charge is 0.388 e. The van der Waals surface area contributed by atoms with Crippen LogP contribution in [-0.2, 0) is 11.2 Å². The zero-order valence-electron chi connectivity index (χ0n) is 11.4. The lowest BCUT2D eigenvalue weighted by Crippen LogP contribution is -2.18. The van der Waals surface area contributed by atoms with Crippen molar-refractivity contribution in [1.82, 2.24) is 0 Å². The Hall–Kier alpha value is -1.78. The highest BCUT2D eigenvalue weighted by Crippen LogP contribution is 2.34. The fourth-order valence-electron chi connectivity index (χ4n) is 2.77. The number of fused-ring (bicyclic) bond motifs is 1. The molecular formula is C17H16F2O2. The summed E-state index contributed by atoms with van der Waals surface area (Å²) in [7, 11) is 0. The minimum Gasteiger partial charge on any atom is -0.388 e. The molecule has 2 aromatic carbocycles. The standard InChI is InChI=1S/C17H16F2O2/c18-12-5-6-14(15(19)9-12)16(20)10-17-13-4-2-1-3-11(13)7-8-21-17/h1-6,9,16-17,20H,7-8,10H2. The lowest BCUT2D eigenvalue weighted by atomic mass is 9.92. The molecule has 4 heteroatoms. The van der Waals surface area contributed by atoms with Gasteiger partial charge in [-0.1, -0.05) is 30.3 Å². The Balaban J connectivity index is 1.81. The van der Waals surface area contributed by atoms with Gasteiger partial charge in [0, 0.05) is 18.1 Å². The van der Waals surface area contributed by atoms with E-state index in [9.17, 15) is 13.9 Å². The number of aliphatic hydroxyl groups excluding tert-OH is 1. The number of hydrogen-bond donors (Lipinski definition) is 1. The Labute approximate surface area is 122 Å². The smallest absolute Gasteiger partial charge is 0.131 e. The van der Waals surface area contributed by atoms with Crippen LogP contribution in [0.4, 0.5) is 8.78 Å². The second-order valence-electron chi connectivity index (χ2n) is 5.23. The third-order valence-electron chi connectivity index (χ3n) is 3.85. The van der Waals surface area contributed by atoms with Crippen molar-refractivity contribution < 1.29 is 18.6 Å². The Morgan fingerprint density at radius 3 is 2.81 bits per heavy atom. The molecule has 3 rings (SSSR count). The summed E-state index contributed by atoms with van der Waals surface area (Å²) < 4.78 is 32.3. The first-order chi connectivity index (χ1) is 10.1. The van der Waals surface area contributed by atoms with Crippen molar-refractivity contribution in [3.05, 3.63) is 70.8 Å². The van der Waals surface area contributed by atoms with Crippen LogP contribution < -0.4 is 0 Å². The third kappa shape index (κ3) is 2.96. The fraction of sp³-hybridized carbons (Fsp3) is 0.294. The van der Waals surface area contributed by atoms with Crippen LogP contribution in [0.15, 0.2) is 42.5 Å². The molecule has 1 heterocycles. The van der Waals surface area contributed by atoms with Crippen molar-refractivity contribution in [2.45, 2.75) is 25.0 Å². The highest BCUT2D eigenvalue weighted by atomic mass is 19.1. The first-order valence-corrected chi connectivity index (χ1v) is 6.97. The van der Waals surface area contributed by atoms with Crippen LogP contribution in [0.1, 0.15) is 35.3 Å². The summed E-state index contributed by atoms with van der Waals surface area (Å²) in [5, 5.41) is 10.2. The minimum absolute atomic E-state index is 0.100. The predicted molar refractivity (Wildman–Crippen MR) is 74.8 cm³/mol. The van der Waals surface area contributed by atoms with Gasteiger partial charge in [0.05, 0.1) is 18.8 Å². The second-order valence-corrected chi connectivity index (χ2v) is 5.23. The van der Waals surface area contributed by atoms with Crippen molar-refractivity contribution in [2.24, 2.45) is 0 Å². The van der Waals surface area contributed by atoms with Gasteiger partial charge in [0.25, 0.3) is 0 Å². The van der Waals surface area contributed by atoms with Gasteiger partial charge < -0.3 is 9.84 Å². The van der Waals surface area contributed by atoms with Crippen molar-refractivity contribution >= 4 is 0 Å². The molecular weight excluding hydrogens is 274 g/mol. The number of ether oxygens (including phenoxy) is 1. The number of hydrogen-bond acceptors (Lipinski definition) is 2. The highest BCUT2D eigenvalue weighted by molar-refractivity contribution is 5.31. The van der Waals surface area contributed by atoms with E-state index < -0.39 is 17.7 Å². The van der Waals surface area contributed by atoms with Gasteiger partial charge in [-0.05, 0) is 23.6 Å². The lowest BCUT2D eigenvalue weighted by Gasteiger charge is -2.28. The SMILES string of the molecule is OC(CC1OCCc2ccccc21)c1ccc(F)cc1F. The van der Waals surface area contributed by atoms with E-state index in [2.05, 4.69) is 0 Å². The maximum atomic E-state index is 13.7. The van der Waals surface area contributed by atoms with E-state index in [1.807, 2.05) is 24.3 Å². The zero-order chi connectivity index (χ0) is 14.8. The molecule has 0 saturated carbocycles. The molecule has 0 aliphatic carbocycles. The molecule has 2 atom stereocenters. The molecule has 0 fully saturated rings. The van der Waals surface area contributed by atoms with E-state index in [1.54, 1.807) is 0 Å². The van der Waals surface area contributed by atoms with Crippen molar-refractivity contribution in [2.75, 3.05) is 6.61 Å². The summed E-state index contributed by atoms with van der Waals surface area (Å²) in [5.74, 6) is -1.38. The quantitative estimate of drug-likeness (QED) is 0.934. The van der Waals surface area contributed by atoms with Crippen LogP contribution >= 0.6 is 0 Å². The van der Waals surface area contributed by atoms with Gasteiger partial charge in [0.2, 0.25) is 0 Å². The molecule has 2 aromatic rings. The van der Waals surface area contributed by atoms with Gasteiger partial charge in [-0.2, -0.15) is 0 Å². The summed E-state index contributed by atoms with van der Waals surface area (Å²) in [4.78, 5) is 0. The van der Waals surface area contributed by atoms with Crippen molar-refractivity contribution in [3.8, 4) is 0 Å². The molecule has 110 valence electrons. The lowest BCUT2D eigenvalue weighted by molar-refractivity contribution is 0.00302. The molecule has 1 aliphatic rings. The molecule has 21 heavy (non-hydrogen) atoms. The molecule has 0 amide bonds. The first kappa shape index (κ1) is 14.2. The van der Waals surface area contributed by atoms with E-state index in [-0.39, 0.29) is 18.1 Å². The Kier molecular flexibility index (Phi) is 3.99. The van der Waals surface area contributed by atoms with Crippen LogP contribution in [0.2, 0.25) is 0 Å². The molecule has 1 N–H and O–H groups in total. The van der Waals surface area contributed by atoms with Gasteiger partial charge in [-0.25, -0.2) is 8.78 Å². The summed E-state index contributed by atoms with van der Waals surface area (Å²) in [6, 6.07) is 11.1. The van der Waals surface area contributed by atoms with Crippen LogP contribution in [-0.4, -0.2) is 11.7 Å². The van der Waals surface area contributed by atoms with E-state index in [4.69, 9.17) is 4.74 Å². The number of rotatable bonds is 3. The van der Waals surface area contributed by atoms with Crippen LogP contribution in [0, 0.1) is 11.6 Å².